The van der Waals surface area contributed by atoms with Crippen molar-refractivity contribution in [2.24, 2.45) is 5.73 Å². The number of hydrogen-bond donors (Lipinski definition) is 2. The van der Waals surface area contributed by atoms with E-state index in [1.165, 1.54) is 24.9 Å². The number of piperidine rings is 1. The Morgan fingerprint density at radius 1 is 1.12 bits per heavy atom. The molecule has 1 aliphatic rings. The highest BCUT2D eigenvalue weighted by atomic mass is 16.3. The molecule has 0 aliphatic carbocycles. The van der Waals surface area contributed by atoms with Crippen LogP contribution in [-0.4, -0.2) is 24.7 Å². The van der Waals surface area contributed by atoms with Crippen molar-refractivity contribution in [2.45, 2.75) is 25.4 Å². The summed E-state index contributed by atoms with van der Waals surface area (Å²) in [6, 6.07) is 8.11. The zero-order chi connectivity index (χ0) is 11.4. The van der Waals surface area contributed by atoms with Crippen molar-refractivity contribution in [3.63, 3.8) is 0 Å². The van der Waals surface area contributed by atoms with Gasteiger partial charge in [-0.05, 0) is 37.0 Å². The van der Waals surface area contributed by atoms with E-state index >= 15 is 0 Å². The molecule has 16 heavy (non-hydrogen) atoms. The molecule has 0 aromatic heterocycles. The molecule has 1 saturated heterocycles. The second kappa shape index (κ2) is 5.32. The SMILES string of the molecule is NCC(O)c1ccc(N2CCCCC2)cc1. The summed E-state index contributed by atoms with van der Waals surface area (Å²) in [7, 11) is 0. The van der Waals surface area contributed by atoms with E-state index in [9.17, 15) is 5.11 Å². The molecule has 1 aromatic carbocycles. The molecule has 3 nitrogen and oxygen atoms in total. The van der Waals surface area contributed by atoms with Crippen molar-refractivity contribution in [1.82, 2.24) is 0 Å². The van der Waals surface area contributed by atoms with Crippen molar-refractivity contribution in [2.75, 3.05) is 24.5 Å². The molecule has 1 atom stereocenters. The molecule has 0 amide bonds. The van der Waals surface area contributed by atoms with Crippen LogP contribution in [0.1, 0.15) is 30.9 Å². The first kappa shape index (κ1) is 11.4. The maximum atomic E-state index is 9.59. The maximum Gasteiger partial charge on any atom is 0.0912 e. The van der Waals surface area contributed by atoms with Crippen LogP contribution in [0.5, 0.6) is 0 Å². The Morgan fingerprint density at radius 3 is 2.31 bits per heavy atom. The van der Waals surface area contributed by atoms with E-state index in [0.717, 1.165) is 18.7 Å². The Hall–Kier alpha value is -1.06. The molecule has 0 spiro atoms. The lowest BCUT2D eigenvalue weighted by Gasteiger charge is -2.29. The fourth-order valence-corrected chi connectivity index (χ4v) is 2.20. The van der Waals surface area contributed by atoms with Crippen LogP contribution in [0.25, 0.3) is 0 Å². The predicted octanol–water partition coefficient (Wildman–Crippen LogP) is 1.67. The third-order valence-electron chi connectivity index (χ3n) is 3.22. The van der Waals surface area contributed by atoms with Crippen LogP contribution in [0.3, 0.4) is 0 Å². The van der Waals surface area contributed by atoms with Gasteiger partial charge in [0.25, 0.3) is 0 Å². The Labute approximate surface area is 96.9 Å². The monoisotopic (exact) mass is 220 g/mol. The van der Waals surface area contributed by atoms with E-state index < -0.39 is 6.10 Å². The quantitative estimate of drug-likeness (QED) is 0.814. The Bertz CT molecular complexity index is 317. The molecular formula is C13H20N2O. The lowest BCUT2D eigenvalue weighted by atomic mass is 10.1. The highest BCUT2D eigenvalue weighted by Crippen LogP contribution is 2.22. The van der Waals surface area contributed by atoms with E-state index in [1.54, 1.807) is 0 Å². The first-order valence-electron chi connectivity index (χ1n) is 6.04. The van der Waals surface area contributed by atoms with Crippen LogP contribution in [0.2, 0.25) is 0 Å². The highest BCUT2D eigenvalue weighted by Gasteiger charge is 2.11. The van der Waals surface area contributed by atoms with Gasteiger partial charge in [-0.3, -0.25) is 0 Å². The number of nitrogens with zero attached hydrogens (tertiary/aromatic N) is 1. The van der Waals surface area contributed by atoms with Crippen LogP contribution >= 0.6 is 0 Å². The van der Waals surface area contributed by atoms with E-state index in [-0.39, 0.29) is 6.54 Å². The molecule has 3 N–H and O–H groups in total. The van der Waals surface area contributed by atoms with E-state index in [1.807, 2.05) is 12.1 Å². The molecular weight excluding hydrogens is 200 g/mol. The summed E-state index contributed by atoms with van der Waals surface area (Å²) in [6.45, 7) is 2.58. The van der Waals surface area contributed by atoms with Crippen molar-refractivity contribution in [3.05, 3.63) is 29.8 Å². The average molecular weight is 220 g/mol. The molecule has 1 fully saturated rings. The summed E-state index contributed by atoms with van der Waals surface area (Å²) in [5.41, 5.74) is 7.59. The maximum absolute atomic E-state index is 9.59. The standard InChI is InChI=1S/C13H20N2O/c14-10-13(16)11-4-6-12(7-5-11)15-8-2-1-3-9-15/h4-7,13,16H,1-3,8-10,14H2. The molecule has 1 heterocycles. The zero-order valence-corrected chi connectivity index (χ0v) is 9.60. The van der Waals surface area contributed by atoms with Crippen molar-refractivity contribution in [3.8, 4) is 0 Å². The number of rotatable bonds is 3. The predicted molar refractivity (Wildman–Crippen MR) is 66.5 cm³/mol. The van der Waals surface area contributed by atoms with Gasteiger partial charge in [-0.15, -0.1) is 0 Å². The topological polar surface area (TPSA) is 49.5 Å². The number of aliphatic hydroxyl groups excluding tert-OH is 1. The van der Waals surface area contributed by atoms with Gasteiger partial charge in [0.1, 0.15) is 0 Å². The van der Waals surface area contributed by atoms with Gasteiger partial charge in [0, 0.05) is 25.3 Å². The Morgan fingerprint density at radius 2 is 1.75 bits per heavy atom. The molecule has 1 aliphatic heterocycles. The van der Waals surface area contributed by atoms with Crippen molar-refractivity contribution >= 4 is 5.69 Å². The second-order valence-corrected chi connectivity index (χ2v) is 4.39. The van der Waals surface area contributed by atoms with Crippen LogP contribution in [0.4, 0.5) is 5.69 Å². The lowest BCUT2D eigenvalue weighted by Crippen LogP contribution is -2.29. The van der Waals surface area contributed by atoms with Gasteiger partial charge in [0.05, 0.1) is 6.10 Å². The zero-order valence-electron chi connectivity index (χ0n) is 9.60. The Kier molecular flexibility index (Phi) is 3.80. The molecule has 1 unspecified atom stereocenters. The minimum atomic E-state index is -0.532. The molecule has 2 rings (SSSR count). The summed E-state index contributed by atoms with van der Waals surface area (Å²) in [6.07, 6.45) is 3.39. The van der Waals surface area contributed by atoms with Gasteiger partial charge in [-0.2, -0.15) is 0 Å². The van der Waals surface area contributed by atoms with Crippen LogP contribution in [0, 0.1) is 0 Å². The van der Waals surface area contributed by atoms with Crippen molar-refractivity contribution in [1.29, 1.82) is 0 Å². The fraction of sp³-hybridized carbons (Fsp3) is 0.538. The average Bonchev–Trinajstić information content (AvgIpc) is 2.39. The van der Waals surface area contributed by atoms with Gasteiger partial charge in [0.15, 0.2) is 0 Å². The van der Waals surface area contributed by atoms with Gasteiger partial charge in [-0.1, -0.05) is 12.1 Å². The summed E-state index contributed by atoms with van der Waals surface area (Å²) in [5.74, 6) is 0. The largest absolute Gasteiger partial charge is 0.387 e. The van der Waals surface area contributed by atoms with Crippen LogP contribution < -0.4 is 10.6 Å². The van der Waals surface area contributed by atoms with Crippen molar-refractivity contribution < 1.29 is 5.11 Å². The van der Waals surface area contributed by atoms with Crippen LogP contribution in [0.15, 0.2) is 24.3 Å². The lowest BCUT2D eigenvalue weighted by molar-refractivity contribution is 0.187. The normalized spacial score (nSPS) is 18.5. The fourth-order valence-electron chi connectivity index (χ4n) is 2.20. The summed E-state index contributed by atoms with van der Waals surface area (Å²) in [4.78, 5) is 2.40. The summed E-state index contributed by atoms with van der Waals surface area (Å²) >= 11 is 0. The van der Waals surface area contributed by atoms with Gasteiger partial charge in [-0.25, -0.2) is 0 Å². The van der Waals surface area contributed by atoms with Gasteiger partial charge < -0.3 is 15.7 Å². The molecule has 88 valence electrons. The molecule has 0 saturated carbocycles. The first-order chi connectivity index (χ1) is 7.81. The minimum Gasteiger partial charge on any atom is -0.387 e. The van der Waals surface area contributed by atoms with E-state index in [4.69, 9.17) is 5.73 Å². The molecule has 1 aromatic rings. The summed E-state index contributed by atoms with van der Waals surface area (Å²) < 4.78 is 0. The number of anilines is 1. The summed E-state index contributed by atoms with van der Waals surface area (Å²) in [5, 5.41) is 9.59. The Balaban J connectivity index is 2.06. The minimum absolute atomic E-state index is 0.281. The highest BCUT2D eigenvalue weighted by molar-refractivity contribution is 5.48. The molecule has 0 bridgehead atoms. The molecule has 3 heteroatoms. The van der Waals surface area contributed by atoms with Gasteiger partial charge in [0.2, 0.25) is 0 Å². The third kappa shape index (κ3) is 2.54. The third-order valence-corrected chi connectivity index (χ3v) is 3.22. The van der Waals surface area contributed by atoms with Crippen LogP contribution in [-0.2, 0) is 0 Å². The first-order valence-corrected chi connectivity index (χ1v) is 6.04. The molecule has 0 radical (unpaired) electrons. The number of nitrogens with two attached hydrogens (primary N) is 1. The number of aliphatic hydroxyl groups is 1. The van der Waals surface area contributed by atoms with E-state index in [2.05, 4.69) is 17.0 Å². The number of hydrogen-bond acceptors (Lipinski definition) is 3. The smallest absolute Gasteiger partial charge is 0.0912 e. The van der Waals surface area contributed by atoms with Gasteiger partial charge >= 0.3 is 0 Å². The second-order valence-electron chi connectivity index (χ2n) is 4.39. The van der Waals surface area contributed by atoms with E-state index in [0.29, 0.717) is 0 Å². The number of benzene rings is 1.